The van der Waals surface area contributed by atoms with Crippen LogP contribution in [-0.2, 0) is 9.59 Å². The number of carbonyl (C=O) groups excluding carboxylic acids is 1. The molecule has 0 unspecified atom stereocenters. The van der Waals surface area contributed by atoms with E-state index in [0.717, 1.165) is 0 Å². The predicted molar refractivity (Wildman–Crippen MR) is 91.2 cm³/mol. The number of carboxylic acids is 1. The second kappa shape index (κ2) is 8.29. The number of unbranched alkanes of at least 4 members (excludes halogenated alkanes) is 1. The van der Waals surface area contributed by atoms with Crippen LogP contribution < -0.4 is 16.4 Å². The van der Waals surface area contributed by atoms with E-state index >= 15 is 0 Å². The van der Waals surface area contributed by atoms with Gasteiger partial charge in [-0.05, 0) is 24.6 Å². The monoisotopic (exact) mass is 343 g/mol. The molecule has 0 bridgehead atoms. The van der Waals surface area contributed by atoms with Crippen LogP contribution in [0, 0.1) is 5.41 Å². The van der Waals surface area contributed by atoms with Gasteiger partial charge in [-0.25, -0.2) is 0 Å². The molecule has 0 spiro atoms. The number of hydrogen-bond donors (Lipinski definition) is 6. The summed E-state index contributed by atoms with van der Waals surface area (Å²) < 4.78 is 0. The summed E-state index contributed by atoms with van der Waals surface area (Å²) in [7, 11) is -1.37. The molecule has 8 nitrogen and oxygen atoms in total. The third-order valence-corrected chi connectivity index (χ3v) is 4.57. The van der Waals surface area contributed by atoms with E-state index < -0.39 is 24.7 Å². The number of carbonyl (C=O) groups is 2. The Hall–Kier alpha value is -1.16. The first-order chi connectivity index (χ1) is 11.0. The normalized spacial score (nSPS) is 25.3. The second-order valence-electron chi connectivity index (χ2n) is 7.75. The lowest BCUT2D eigenvalue weighted by Crippen LogP contribution is -2.52. The number of amides is 1. The molecule has 1 aliphatic rings. The molecule has 0 aromatic carbocycles. The van der Waals surface area contributed by atoms with Crippen LogP contribution in [0.5, 0.6) is 0 Å². The lowest BCUT2D eigenvalue weighted by Gasteiger charge is -2.28. The average Bonchev–Trinajstić information content (AvgIpc) is 2.86. The number of rotatable bonds is 8. The van der Waals surface area contributed by atoms with Gasteiger partial charge in [-0.3, -0.25) is 14.9 Å². The van der Waals surface area contributed by atoms with Gasteiger partial charge in [0.1, 0.15) is 5.54 Å². The molecule has 0 aromatic rings. The molecule has 1 aliphatic heterocycles. The van der Waals surface area contributed by atoms with E-state index in [-0.39, 0.29) is 30.1 Å². The first-order valence-electron chi connectivity index (χ1n) is 8.38. The van der Waals surface area contributed by atoms with Crippen LogP contribution in [0.4, 0.5) is 0 Å². The zero-order chi connectivity index (χ0) is 18.5. The molecule has 1 rings (SSSR count). The first-order valence-corrected chi connectivity index (χ1v) is 8.38. The highest BCUT2D eigenvalue weighted by molar-refractivity contribution is 6.40. The minimum atomic E-state index is -1.37. The maximum absolute atomic E-state index is 12.2. The van der Waals surface area contributed by atoms with Gasteiger partial charge in [0.25, 0.3) is 0 Å². The van der Waals surface area contributed by atoms with Gasteiger partial charge < -0.3 is 26.2 Å². The summed E-state index contributed by atoms with van der Waals surface area (Å²) >= 11 is 0. The summed E-state index contributed by atoms with van der Waals surface area (Å²) in [5.41, 5.74) is 4.47. The SMILES string of the molecule is CC(C)(C)[C@@H](N)C(=O)N[C@H]1CN[C@@](CCCCB(O)O)(C(=O)O)C1. The van der Waals surface area contributed by atoms with Crippen molar-refractivity contribution in [1.82, 2.24) is 10.6 Å². The van der Waals surface area contributed by atoms with Crippen LogP contribution in [-0.4, -0.2) is 58.3 Å². The van der Waals surface area contributed by atoms with E-state index in [2.05, 4.69) is 10.6 Å². The van der Waals surface area contributed by atoms with E-state index in [4.69, 9.17) is 15.8 Å². The van der Waals surface area contributed by atoms with Gasteiger partial charge in [0, 0.05) is 12.6 Å². The molecule has 1 saturated heterocycles. The summed E-state index contributed by atoms with van der Waals surface area (Å²) in [6, 6.07) is -0.950. The molecule has 1 amide bonds. The molecule has 3 atom stereocenters. The Morgan fingerprint density at radius 2 is 2.00 bits per heavy atom. The van der Waals surface area contributed by atoms with Crippen molar-refractivity contribution in [2.45, 2.75) is 70.4 Å². The molecule has 1 heterocycles. The fourth-order valence-electron chi connectivity index (χ4n) is 2.88. The summed E-state index contributed by atoms with van der Waals surface area (Å²) in [6.45, 7) is 6.00. The molecule has 0 aromatic heterocycles. The van der Waals surface area contributed by atoms with E-state index in [0.29, 0.717) is 25.8 Å². The van der Waals surface area contributed by atoms with Crippen LogP contribution in [0.2, 0.25) is 6.32 Å². The van der Waals surface area contributed by atoms with Gasteiger partial charge >= 0.3 is 13.1 Å². The minimum Gasteiger partial charge on any atom is -0.480 e. The van der Waals surface area contributed by atoms with Crippen LogP contribution in [0.25, 0.3) is 0 Å². The van der Waals surface area contributed by atoms with Crippen LogP contribution in [0.3, 0.4) is 0 Å². The van der Waals surface area contributed by atoms with Crippen molar-refractivity contribution < 1.29 is 24.7 Å². The molecule has 0 radical (unpaired) electrons. The number of hydrogen-bond acceptors (Lipinski definition) is 6. The molecular weight excluding hydrogens is 313 g/mol. The van der Waals surface area contributed by atoms with Gasteiger partial charge in [0.15, 0.2) is 0 Å². The lowest BCUT2D eigenvalue weighted by atomic mass is 9.81. The Bertz CT molecular complexity index is 455. The van der Waals surface area contributed by atoms with E-state index in [1.165, 1.54) is 0 Å². The number of nitrogens with two attached hydrogens (primary N) is 1. The smallest absolute Gasteiger partial charge is 0.451 e. The first kappa shape index (κ1) is 20.9. The maximum Gasteiger partial charge on any atom is 0.451 e. The Morgan fingerprint density at radius 3 is 2.50 bits per heavy atom. The largest absolute Gasteiger partial charge is 0.480 e. The quantitative estimate of drug-likeness (QED) is 0.253. The van der Waals surface area contributed by atoms with Crippen molar-refractivity contribution >= 4 is 19.0 Å². The maximum atomic E-state index is 12.2. The third-order valence-electron chi connectivity index (χ3n) is 4.57. The molecular formula is C15H30BN3O5. The van der Waals surface area contributed by atoms with Crippen molar-refractivity contribution in [2.75, 3.05) is 6.54 Å². The highest BCUT2D eigenvalue weighted by Crippen LogP contribution is 2.27. The Labute approximate surface area is 143 Å². The van der Waals surface area contributed by atoms with Gasteiger partial charge in [-0.1, -0.05) is 33.6 Å². The van der Waals surface area contributed by atoms with Gasteiger partial charge in [-0.15, -0.1) is 0 Å². The molecule has 7 N–H and O–H groups in total. The Kier molecular flexibility index (Phi) is 7.21. The summed E-state index contributed by atoms with van der Waals surface area (Å²) in [5, 5.41) is 33.1. The summed E-state index contributed by atoms with van der Waals surface area (Å²) in [5.74, 6) is -1.23. The van der Waals surface area contributed by atoms with Crippen molar-refractivity contribution in [3.8, 4) is 0 Å². The second-order valence-corrected chi connectivity index (χ2v) is 7.75. The topological polar surface area (TPSA) is 145 Å². The number of aliphatic carboxylic acids is 1. The molecule has 9 heteroatoms. The zero-order valence-electron chi connectivity index (χ0n) is 14.7. The predicted octanol–water partition coefficient (Wildman–Crippen LogP) is -0.696. The average molecular weight is 343 g/mol. The number of carboxylic acid groups (broad SMARTS) is 1. The van der Waals surface area contributed by atoms with Gasteiger partial charge in [0.2, 0.25) is 5.91 Å². The highest BCUT2D eigenvalue weighted by atomic mass is 16.4. The Balaban J connectivity index is 2.58. The van der Waals surface area contributed by atoms with Crippen LogP contribution in [0.15, 0.2) is 0 Å². The van der Waals surface area contributed by atoms with Crippen molar-refractivity contribution in [3.63, 3.8) is 0 Å². The number of nitrogens with one attached hydrogen (secondary N) is 2. The Morgan fingerprint density at radius 1 is 1.38 bits per heavy atom. The van der Waals surface area contributed by atoms with Crippen LogP contribution in [0.1, 0.15) is 46.5 Å². The van der Waals surface area contributed by atoms with Crippen molar-refractivity contribution in [1.29, 1.82) is 0 Å². The zero-order valence-corrected chi connectivity index (χ0v) is 14.7. The van der Waals surface area contributed by atoms with Crippen molar-refractivity contribution in [2.24, 2.45) is 11.1 Å². The fraction of sp³-hybridized carbons (Fsp3) is 0.867. The molecule has 1 fully saturated rings. The van der Waals surface area contributed by atoms with Gasteiger partial charge in [-0.2, -0.15) is 0 Å². The minimum absolute atomic E-state index is 0.219. The molecule has 24 heavy (non-hydrogen) atoms. The highest BCUT2D eigenvalue weighted by Gasteiger charge is 2.45. The molecule has 0 aliphatic carbocycles. The third kappa shape index (κ3) is 5.73. The molecule has 0 saturated carbocycles. The van der Waals surface area contributed by atoms with E-state index in [1.54, 1.807) is 0 Å². The van der Waals surface area contributed by atoms with E-state index in [9.17, 15) is 14.7 Å². The van der Waals surface area contributed by atoms with E-state index in [1.807, 2.05) is 20.8 Å². The lowest BCUT2D eigenvalue weighted by molar-refractivity contribution is -0.144. The summed E-state index contributed by atoms with van der Waals surface area (Å²) in [6.07, 6.45) is 1.95. The van der Waals surface area contributed by atoms with Gasteiger partial charge in [0.05, 0.1) is 6.04 Å². The fourth-order valence-corrected chi connectivity index (χ4v) is 2.88. The standard InChI is InChI=1S/C15H30BN3O5/c1-14(2,3)11(17)12(20)19-10-8-15(13(21)22,18-9-10)6-4-5-7-16(23)24/h10-11,18,23-24H,4-9,17H2,1-3H3,(H,19,20)(H,21,22)/t10-,11+,15-/m1/s1. The van der Waals surface area contributed by atoms with Crippen molar-refractivity contribution in [3.05, 3.63) is 0 Å². The van der Waals surface area contributed by atoms with Crippen LogP contribution >= 0.6 is 0 Å². The summed E-state index contributed by atoms with van der Waals surface area (Å²) in [4.78, 5) is 23.9. The molecule has 138 valence electrons.